The zero-order valence-corrected chi connectivity index (χ0v) is 16.8. The summed E-state index contributed by atoms with van der Waals surface area (Å²) in [6.07, 6.45) is -5.01. The number of alkyl halides is 3. The van der Waals surface area contributed by atoms with E-state index in [9.17, 15) is 22.8 Å². The molecule has 9 nitrogen and oxygen atoms in total. The lowest BCUT2D eigenvalue weighted by molar-refractivity contribution is -0.142. The van der Waals surface area contributed by atoms with Gasteiger partial charge in [-0.1, -0.05) is 11.6 Å². The maximum absolute atomic E-state index is 13.7. The van der Waals surface area contributed by atoms with E-state index in [0.717, 1.165) is 12.1 Å². The Morgan fingerprint density at radius 2 is 2.00 bits per heavy atom. The van der Waals surface area contributed by atoms with E-state index < -0.39 is 23.2 Å². The second kappa shape index (κ2) is 9.03. The van der Waals surface area contributed by atoms with Crippen molar-refractivity contribution in [2.24, 2.45) is 0 Å². The van der Waals surface area contributed by atoms with E-state index in [1.165, 1.54) is 19.2 Å². The molecular formula is C19H11ClF3N5O4. The van der Waals surface area contributed by atoms with E-state index in [1.807, 2.05) is 0 Å². The molecular weight excluding hydrogens is 455 g/mol. The Morgan fingerprint density at radius 3 is 2.62 bits per heavy atom. The number of rotatable bonds is 6. The van der Waals surface area contributed by atoms with E-state index in [0.29, 0.717) is 6.29 Å². The Morgan fingerprint density at radius 1 is 1.25 bits per heavy atom. The van der Waals surface area contributed by atoms with Gasteiger partial charge >= 0.3 is 6.18 Å². The first kappa shape index (κ1) is 22.7. The molecule has 0 saturated carbocycles. The second-order valence-corrected chi connectivity index (χ2v) is 6.61. The Kier molecular flexibility index (Phi) is 6.40. The number of aromatic amines is 1. The molecule has 0 radical (unpaired) electrons. The molecule has 2 heterocycles. The van der Waals surface area contributed by atoms with Crippen LogP contribution in [0.2, 0.25) is 5.02 Å². The summed E-state index contributed by atoms with van der Waals surface area (Å²) in [6, 6.07) is 6.55. The van der Waals surface area contributed by atoms with E-state index in [4.69, 9.17) is 26.3 Å². The van der Waals surface area contributed by atoms with Gasteiger partial charge in [-0.2, -0.15) is 18.4 Å². The van der Waals surface area contributed by atoms with Crippen LogP contribution in [-0.2, 0) is 12.6 Å². The smallest absolute Gasteiger partial charge is 0.437 e. The lowest BCUT2D eigenvalue weighted by Gasteiger charge is -2.14. The number of H-pyrrole nitrogens is 1. The molecule has 32 heavy (non-hydrogen) atoms. The summed E-state index contributed by atoms with van der Waals surface area (Å²) < 4.78 is 51.1. The fourth-order valence-electron chi connectivity index (χ4n) is 2.66. The van der Waals surface area contributed by atoms with Crippen LogP contribution in [-0.4, -0.2) is 33.6 Å². The number of nitrogens with zero attached hydrogens (tertiary/aromatic N) is 4. The Hall–Kier alpha value is -3.98. The maximum Gasteiger partial charge on any atom is 0.437 e. The highest BCUT2D eigenvalue weighted by Gasteiger charge is 2.39. The van der Waals surface area contributed by atoms with Crippen LogP contribution < -0.4 is 15.0 Å². The molecule has 0 saturated heterocycles. The van der Waals surface area contributed by atoms with Gasteiger partial charge in [0.1, 0.15) is 17.3 Å². The zero-order valence-electron chi connectivity index (χ0n) is 16.0. The predicted octanol–water partition coefficient (Wildman–Crippen LogP) is 3.31. The normalized spacial score (nSPS) is 11.0. The summed E-state index contributed by atoms with van der Waals surface area (Å²) in [7, 11) is 1.25. The minimum absolute atomic E-state index is 0.0188. The van der Waals surface area contributed by atoms with Crippen LogP contribution in [0.5, 0.6) is 17.4 Å². The second-order valence-electron chi connectivity index (χ2n) is 6.18. The number of carbonyl (C=O) groups is 1. The van der Waals surface area contributed by atoms with Crippen LogP contribution in [0.25, 0.3) is 0 Å². The molecule has 3 aromatic rings. The number of ether oxygens (including phenoxy) is 2. The number of halogens is 4. The van der Waals surface area contributed by atoms with Crippen molar-refractivity contribution in [1.29, 1.82) is 5.26 Å². The molecule has 164 valence electrons. The maximum atomic E-state index is 13.7. The summed E-state index contributed by atoms with van der Waals surface area (Å²) in [5, 5.41) is 16.2. The third-order valence-corrected chi connectivity index (χ3v) is 4.16. The molecule has 0 aliphatic heterocycles. The molecule has 0 atom stereocenters. The first-order valence-electron chi connectivity index (χ1n) is 8.59. The van der Waals surface area contributed by atoms with Crippen LogP contribution in [0.1, 0.15) is 33.1 Å². The van der Waals surface area contributed by atoms with E-state index in [1.54, 1.807) is 6.07 Å². The Labute approximate surface area is 182 Å². The van der Waals surface area contributed by atoms with Gasteiger partial charge in [-0.05, 0) is 24.3 Å². The van der Waals surface area contributed by atoms with Gasteiger partial charge < -0.3 is 14.5 Å². The Bertz CT molecular complexity index is 1290. The van der Waals surface area contributed by atoms with Crippen LogP contribution in [0.3, 0.4) is 0 Å². The number of nitriles is 1. The van der Waals surface area contributed by atoms with Crippen LogP contribution >= 0.6 is 11.6 Å². The molecule has 0 amide bonds. The molecule has 13 heteroatoms. The Balaban J connectivity index is 2.08. The molecule has 3 rings (SSSR count). The van der Waals surface area contributed by atoms with Crippen LogP contribution in [0, 0.1) is 11.3 Å². The predicted molar refractivity (Wildman–Crippen MR) is 103 cm³/mol. The van der Waals surface area contributed by atoms with E-state index in [2.05, 4.69) is 20.2 Å². The minimum atomic E-state index is -5.05. The fourth-order valence-corrected chi connectivity index (χ4v) is 2.88. The number of hydrogen-bond donors (Lipinski definition) is 1. The molecule has 0 bridgehead atoms. The van der Waals surface area contributed by atoms with Gasteiger partial charge in [0.25, 0.3) is 5.56 Å². The van der Waals surface area contributed by atoms with Gasteiger partial charge in [-0.15, -0.1) is 10.2 Å². The lowest BCUT2D eigenvalue weighted by atomic mass is 10.1. The molecule has 0 unspecified atom stereocenters. The van der Waals surface area contributed by atoms with Crippen LogP contribution in [0.4, 0.5) is 13.2 Å². The van der Waals surface area contributed by atoms with Gasteiger partial charge in [0.2, 0.25) is 11.6 Å². The highest BCUT2D eigenvalue weighted by atomic mass is 35.5. The van der Waals surface area contributed by atoms with Crippen molar-refractivity contribution in [2.45, 2.75) is 12.6 Å². The topological polar surface area (TPSA) is 131 Å². The molecule has 0 aliphatic carbocycles. The van der Waals surface area contributed by atoms with E-state index >= 15 is 0 Å². The minimum Gasteiger partial charge on any atom is -0.480 e. The third kappa shape index (κ3) is 5.01. The number of methoxy groups -OCH3 is 1. The SMILES string of the molecule is COc1nnc(C=O)cc1Cc1nc(C(F)(F)F)c(Oc2cc(Cl)cc(C#N)c2)c(=O)[nH]1. The van der Waals surface area contributed by atoms with Crippen molar-refractivity contribution in [3.63, 3.8) is 0 Å². The van der Waals surface area contributed by atoms with Gasteiger partial charge in [0, 0.05) is 17.0 Å². The molecule has 0 fully saturated rings. The number of hydrogen-bond acceptors (Lipinski definition) is 8. The largest absolute Gasteiger partial charge is 0.480 e. The number of aromatic nitrogens is 4. The number of aldehydes is 1. The standard InChI is InChI=1S/C19H11ClF3N5O4/c1-31-18-10(4-12(8-29)27-28-18)5-14-25-16(19(21,22)23)15(17(30)26-14)32-13-3-9(7-24)2-11(20)6-13/h2-4,6,8H,5H2,1H3,(H,25,26,30). The van der Waals surface area contributed by atoms with Crippen LogP contribution in [0.15, 0.2) is 29.1 Å². The molecule has 1 N–H and O–H groups in total. The van der Waals surface area contributed by atoms with Crippen molar-refractivity contribution >= 4 is 17.9 Å². The monoisotopic (exact) mass is 465 g/mol. The highest BCUT2D eigenvalue weighted by Crippen LogP contribution is 2.35. The highest BCUT2D eigenvalue weighted by molar-refractivity contribution is 6.30. The zero-order chi connectivity index (χ0) is 23.5. The summed E-state index contributed by atoms with van der Waals surface area (Å²) in [5.74, 6) is -1.83. The van der Waals surface area contributed by atoms with Crippen molar-refractivity contribution in [2.75, 3.05) is 7.11 Å². The fraction of sp³-hybridized carbons (Fsp3) is 0.158. The number of nitrogens with one attached hydrogen (secondary N) is 1. The molecule has 0 aliphatic rings. The van der Waals surface area contributed by atoms with Gasteiger partial charge in [-0.3, -0.25) is 9.59 Å². The van der Waals surface area contributed by atoms with Gasteiger partial charge in [-0.25, -0.2) is 4.98 Å². The van der Waals surface area contributed by atoms with E-state index in [-0.39, 0.29) is 45.7 Å². The first-order valence-corrected chi connectivity index (χ1v) is 8.97. The third-order valence-electron chi connectivity index (χ3n) is 3.94. The molecule has 0 spiro atoms. The summed E-state index contributed by atoms with van der Waals surface area (Å²) >= 11 is 5.83. The quantitative estimate of drug-likeness (QED) is 0.548. The number of benzene rings is 1. The average Bonchev–Trinajstić information content (AvgIpc) is 2.74. The summed E-state index contributed by atoms with van der Waals surface area (Å²) in [4.78, 5) is 29.1. The first-order chi connectivity index (χ1) is 15.1. The lowest BCUT2D eigenvalue weighted by Crippen LogP contribution is -2.22. The summed E-state index contributed by atoms with van der Waals surface area (Å²) in [6.45, 7) is 0. The average molecular weight is 466 g/mol. The molecule has 2 aromatic heterocycles. The summed E-state index contributed by atoms with van der Waals surface area (Å²) in [5.41, 5.74) is -2.72. The van der Waals surface area contributed by atoms with Gasteiger partial charge in [0.15, 0.2) is 12.0 Å². The van der Waals surface area contributed by atoms with Crippen molar-refractivity contribution < 1.29 is 27.4 Å². The van der Waals surface area contributed by atoms with Crippen molar-refractivity contribution in [3.8, 4) is 23.4 Å². The van der Waals surface area contributed by atoms with Gasteiger partial charge in [0.05, 0.1) is 18.7 Å². The number of carbonyl (C=O) groups excluding carboxylic acids is 1. The molecule has 1 aromatic carbocycles. The van der Waals surface area contributed by atoms with Crippen molar-refractivity contribution in [1.82, 2.24) is 20.2 Å². The van der Waals surface area contributed by atoms with Crippen molar-refractivity contribution in [3.05, 3.63) is 68.0 Å².